The lowest BCUT2D eigenvalue weighted by molar-refractivity contribution is -0.132. The van der Waals surface area contributed by atoms with Gasteiger partial charge in [0.1, 0.15) is 6.04 Å². The Kier molecular flexibility index (Phi) is 6.32. The minimum Gasteiger partial charge on any atom is -0.383 e. The topological polar surface area (TPSA) is 58.8 Å². The molecule has 5 nitrogen and oxygen atoms in total. The average Bonchev–Trinajstić information content (AvgIpc) is 2.44. The number of amides is 1. The van der Waals surface area contributed by atoms with E-state index in [0.29, 0.717) is 6.54 Å². The number of carbonyl (C=O) groups is 1. The van der Waals surface area contributed by atoms with Gasteiger partial charge < -0.3 is 20.3 Å². The molecule has 0 radical (unpaired) electrons. The Bertz CT molecular complexity index is 384. The quantitative estimate of drug-likeness (QED) is 0.782. The predicted molar refractivity (Wildman–Crippen MR) is 77.2 cm³/mol. The van der Waals surface area contributed by atoms with Crippen LogP contribution in [-0.2, 0) is 9.53 Å². The van der Waals surface area contributed by atoms with E-state index in [1.54, 1.807) is 11.9 Å². The minimum absolute atomic E-state index is 0.0942. The first-order valence-corrected chi connectivity index (χ1v) is 6.32. The second-order valence-electron chi connectivity index (χ2n) is 4.58. The number of anilines is 1. The largest absolute Gasteiger partial charge is 0.383 e. The molecule has 0 aromatic heterocycles. The minimum atomic E-state index is -0.586. The normalized spacial score (nSPS) is 12.0. The number of hydrogen-bond acceptors (Lipinski definition) is 4. The summed E-state index contributed by atoms with van der Waals surface area (Å²) in [4.78, 5) is 15.6. The molecular formula is C14H23N3O2. The molecule has 1 atom stereocenters. The fraction of sp³-hybridized carbons (Fsp3) is 0.500. The first kappa shape index (κ1) is 15.5. The summed E-state index contributed by atoms with van der Waals surface area (Å²) in [6.07, 6.45) is 0. The molecule has 0 saturated heterocycles. The van der Waals surface area contributed by atoms with E-state index in [-0.39, 0.29) is 12.5 Å². The number of hydrogen-bond donors (Lipinski definition) is 1. The van der Waals surface area contributed by atoms with Gasteiger partial charge in [-0.2, -0.15) is 0 Å². The summed E-state index contributed by atoms with van der Waals surface area (Å²) in [6, 6.07) is 9.47. The lowest BCUT2D eigenvalue weighted by Gasteiger charge is -2.25. The Morgan fingerprint density at radius 3 is 2.47 bits per heavy atom. The van der Waals surface area contributed by atoms with Crippen LogP contribution in [0.4, 0.5) is 5.69 Å². The van der Waals surface area contributed by atoms with Gasteiger partial charge in [0.25, 0.3) is 0 Å². The van der Waals surface area contributed by atoms with E-state index >= 15 is 0 Å². The van der Waals surface area contributed by atoms with Gasteiger partial charge in [-0.25, -0.2) is 0 Å². The van der Waals surface area contributed by atoms with Crippen molar-refractivity contribution in [3.8, 4) is 0 Å². The molecule has 0 fully saturated rings. The van der Waals surface area contributed by atoms with E-state index in [4.69, 9.17) is 10.5 Å². The summed E-state index contributed by atoms with van der Waals surface area (Å²) in [5.74, 6) is -0.0942. The highest BCUT2D eigenvalue weighted by Gasteiger charge is 2.17. The molecule has 1 aromatic carbocycles. The van der Waals surface area contributed by atoms with Crippen molar-refractivity contribution in [1.29, 1.82) is 0 Å². The van der Waals surface area contributed by atoms with Crippen LogP contribution in [0.25, 0.3) is 0 Å². The van der Waals surface area contributed by atoms with Gasteiger partial charge in [-0.15, -0.1) is 0 Å². The van der Waals surface area contributed by atoms with Crippen LogP contribution in [-0.4, -0.2) is 57.8 Å². The molecule has 19 heavy (non-hydrogen) atoms. The maximum atomic E-state index is 11.9. The number of para-hydroxylation sites is 1. The van der Waals surface area contributed by atoms with Gasteiger partial charge in [0.15, 0.2) is 0 Å². The highest BCUT2D eigenvalue weighted by molar-refractivity contribution is 5.81. The molecule has 0 aliphatic heterocycles. The van der Waals surface area contributed by atoms with Crippen molar-refractivity contribution < 1.29 is 9.53 Å². The summed E-state index contributed by atoms with van der Waals surface area (Å²) in [7, 11) is 5.30. The molecule has 0 heterocycles. The zero-order valence-electron chi connectivity index (χ0n) is 11.9. The highest BCUT2D eigenvalue weighted by atomic mass is 16.5. The van der Waals surface area contributed by atoms with Gasteiger partial charge in [0.2, 0.25) is 5.91 Å². The molecule has 5 heteroatoms. The number of nitrogens with zero attached hydrogens (tertiary/aromatic N) is 2. The maximum Gasteiger partial charge on any atom is 0.241 e. The van der Waals surface area contributed by atoms with Crippen molar-refractivity contribution >= 4 is 11.6 Å². The van der Waals surface area contributed by atoms with Gasteiger partial charge in [-0.3, -0.25) is 4.79 Å². The van der Waals surface area contributed by atoms with Gasteiger partial charge in [-0.05, 0) is 12.1 Å². The second-order valence-corrected chi connectivity index (χ2v) is 4.58. The van der Waals surface area contributed by atoms with Crippen molar-refractivity contribution in [3.63, 3.8) is 0 Å². The summed E-state index contributed by atoms with van der Waals surface area (Å²) < 4.78 is 4.89. The Morgan fingerprint density at radius 1 is 1.26 bits per heavy atom. The van der Waals surface area contributed by atoms with Crippen molar-refractivity contribution in [2.24, 2.45) is 5.73 Å². The van der Waals surface area contributed by atoms with Crippen molar-refractivity contribution in [1.82, 2.24) is 4.90 Å². The van der Waals surface area contributed by atoms with Gasteiger partial charge in [-0.1, -0.05) is 18.2 Å². The molecule has 0 bridgehead atoms. The Morgan fingerprint density at radius 2 is 1.89 bits per heavy atom. The van der Waals surface area contributed by atoms with E-state index in [0.717, 1.165) is 12.2 Å². The molecule has 0 aliphatic carbocycles. The van der Waals surface area contributed by atoms with Crippen molar-refractivity contribution in [3.05, 3.63) is 30.3 Å². The number of likely N-dealkylation sites (N-methyl/N-ethyl adjacent to an activating group) is 2. The highest BCUT2D eigenvalue weighted by Crippen LogP contribution is 2.10. The maximum absolute atomic E-state index is 11.9. The molecule has 1 amide bonds. The molecule has 1 rings (SSSR count). The van der Waals surface area contributed by atoms with E-state index in [9.17, 15) is 4.79 Å². The van der Waals surface area contributed by atoms with E-state index < -0.39 is 6.04 Å². The summed E-state index contributed by atoms with van der Waals surface area (Å²) >= 11 is 0. The molecule has 106 valence electrons. The first-order valence-electron chi connectivity index (χ1n) is 6.32. The standard InChI is InChI=1S/C14H23N3O2/c1-16(12-7-5-4-6-8-12)9-10-17(2)14(18)13(15)11-19-3/h4-8,13H,9-11,15H2,1-3H3. The number of carbonyl (C=O) groups excluding carboxylic acids is 1. The van der Waals surface area contributed by atoms with Crippen LogP contribution in [0.5, 0.6) is 0 Å². The number of nitrogens with two attached hydrogens (primary N) is 1. The Hall–Kier alpha value is -1.59. The zero-order valence-corrected chi connectivity index (χ0v) is 11.9. The monoisotopic (exact) mass is 265 g/mol. The first-order chi connectivity index (χ1) is 9.06. The lowest BCUT2D eigenvalue weighted by atomic mass is 10.2. The molecule has 0 saturated carbocycles. The third-order valence-electron chi connectivity index (χ3n) is 3.01. The van der Waals surface area contributed by atoms with E-state index in [1.807, 2.05) is 37.4 Å². The fourth-order valence-electron chi connectivity index (χ4n) is 1.76. The summed E-state index contributed by atoms with van der Waals surface area (Å²) in [5, 5.41) is 0. The van der Waals surface area contributed by atoms with Crippen molar-refractivity contribution in [2.45, 2.75) is 6.04 Å². The third kappa shape index (κ3) is 4.89. The van der Waals surface area contributed by atoms with Gasteiger partial charge in [0.05, 0.1) is 6.61 Å². The third-order valence-corrected chi connectivity index (χ3v) is 3.01. The zero-order chi connectivity index (χ0) is 14.3. The van der Waals surface area contributed by atoms with Crippen molar-refractivity contribution in [2.75, 3.05) is 45.8 Å². The van der Waals surface area contributed by atoms with Crippen LogP contribution in [0.1, 0.15) is 0 Å². The lowest BCUT2D eigenvalue weighted by Crippen LogP contribution is -2.46. The predicted octanol–water partition coefficient (Wildman–Crippen LogP) is 0.555. The second kappa shape index (κ2) is 7.76. The van der Waals surface area contributed by atoms with Crippen LogP contribution >= 0.6 is 0 Å². The molecule has 2 N–H and O–H groups in total. The fourth-order valence-corrected chi connectivity index (χ4v) is 1.76. The number of benzene rings is 1. The average molecular weight is 265 g/mol. The smallest absolute Gasteiger partial charge is 0.241 e. The number of rotatable bonds is 7. The number of ether oxygens (including phenoxy) is 1. The van der Waals surface area contributed by atoms with E-state index in [1.165, 1.54) is 7.11 Å². The van der Waals surface area contributed by atoms with Crippen LogP contribution in [0.2, 0.25) is 0 Å². The molecular weight excluding hydrogens is 242 g/mol. The number of methoxy groups -OCH3 is 1. The van der Waals surface area contributed by atoms with Crippen LogP contribution < -0.4 is 10.6 Å². The summed E-state index contributed by atoms with van der Waals surface area (Å²) in [6.45, 7) is 1.63. The van der Waals surface area contributed by atoms with Gasteiger partial charge >= 0.3 is 0 Å². The summed E-state index contributed by atoms with van der Waals surface area (Å²) in [5.41, 5.74) is 6.85. The molecule has 1 aromatic rings. The van der Waals surface area contributed by atoms with Crippen LogP contribution in [0.15, 0.2) is 30.3 Å². The Balaban J connectivity index is 2.41. The van der Waals surface area contributed by atoms with E-state index in [2.05, 4.69) is 4.90 Å². The molecule has 0 spiro atoms. The SMILES string of the molecule is COCC(N)C(=O)N(C)CCN(C)c1ccccc1. The molecule has 0 aliphatic rings. The molecule has 1 unspecified atom stereocenters. The van der Waals surface area contributed by atoms with Crippen LogP contribution in [0.3, 0.4) is 0 Å². The van der Waals surface area contributed by atoms with Gasteiger partial charge in [0, 0.05) is 40.0 Å². The Labute approximate surface area is 114 Å². The van der Waals surface area contributed by atoms with Crippen LogP contribution in [0, 0.1) is 0 Å².